The van der Waals surface area contributed by atoms with E-state index in [2.05, 4.69) is 25.3 Å². The first-order chi connectivity index (χ1) is 10.9. The Morgan fingerprint density at radius 1 is 1.09 bits per heavy atom. The van der Waals surface area contributed by atoms with Gasteiger partial charge in [0.05, 0.1) is 19.5 Å². The molecular weight excluding hydrogens is 282 g/mol. The predicted molar refractivity (Wildman–Crippen MR) is 81.1 cm³/mol. The molecule has 1 aliphatic heterocycles. The highest BCUT2D eigenvalue weighted by Crippen LogP contribution is 2.30. The van der Waals surface area contributed by atoms with Crippen molar-refractivity contribution in [3.05, 3.63) is 36.4 Å². The van der Waals surface area contributed by atoms with Crippen LogP contribution in [0.15, 0.2) is 30.9 Å². The van der Waals surface area contributed by atoms with E-state index in [1.807, 2.05) is 18.2 Å². The van der Waals surface area contributed by atoms with Gasteiger partial charge in [0.25, 0.3) is 0 Å². The monoisotopic (exact) mass is 297 g/mol. The van der Waals surface area contributed by atoms with Crippen molar-refractivity contribution in [3.63, 3.8) is 0 Å². The molecular formula is C15H15N5O2. The summed E-state index contributed by atoms with van der Waals surface area (Å²) in [5, 5.41) is 3.29. The Hall–Kier alpha value is -2.83. The van der Waals surface area contributed by atoms with Crippen LogP contribution in [0.3, 0.4) is 0 Å². The Balaban J connectivity index is 1.54. The lowest BCUT2D eigenvalue weighted by molar-refractivity contribution is 0.297. The highest BCUT2D eigenvalue weighted by molar-refractivity contribution is 5.81. The molecule has 4 rings (SSSR count). The Kier molecular flexibility index (Phi) is 3.23. The van der Waals surface area contributed by atoms with Crippen molar-refractivity contribution in [3.8, 4) is 11.5 Å². The Morgan fingerprint density at radius 3 is 2.95 bits per heavy atom. The van der Waals surface area contributed by atoms with Crippen molar-refractivity contribution in [1.82, 2.24) is 19.9 Å². The van der Waals surface area contributed by atoms with E-state index in [9.17, 15) is 0 Å². The van der Waals surface area contributed by atoms with Gasteiger partial charge in [-0.25, -0.2) is 15.0 Å². The average Bonchev–Trinajstić information content (AvgIpc) is 2.91. The van der Waals surface area contributed by atoms with Gasteiger partial charge in [-0.15, -0.1) is 0 Å². The summed E-state index contributed by atoms with van der Waals surface area (Å²) in [4.78, 5) is 15.5. The van der Waals surface area contributed by atoms with Crippen LogP contribution >= 0.6 is 0 Å². The van der Waals surface area contributed by atoms with Crippen LogP contribution in [0, 0.1) is 0 Å². The van der Waals surface area contributed by atoms with Gasteiger partial charge in [-0.1, -0.05) is 6.07 Å². The van der Waals surface area contributed by atoms with Crippen LogP contribution in [-0.2, 0) is 6.54 Å². The van der Waals surface area contributed by atoms with Crippen molar-refractivity contribution in [2.75, 3.05) is 18.5 Å². The van der Waals surface area contributed by atoms with E-state index < -0.39 is 0 Å². The normalized spacial score (nSPS) is 13.8. The molecule has 1 aliphatic rings. The molecule has 0 saturated carbocycles. The molecule has 0 spiro atoms. The van der Waals surface area contributed by atoms with Gasteiger partial charge in [-0.05, 0) is 17.7 Å². The van der Waals surface area contributed by atoms with Gasteiger partial charge < -0.3 is 19.8 Å². The van der Waals surface area contributed by atoms with Crippen LogP contribution < -0.4 is 14.8 Å². The van der Waals surface area contributed by atoms with Gasteiger partial charge in [0, 0.05) is 13.0 Å². The zero-order valence-corrected chi connectivity index (χ0v) is 11.9. The first-order valence-corrected chi connectivity index (χ1v) is 7.16. The standard InChI is InChI=1S/C15H15N5O2/c1-4-21-11-3-2-10(6-12(11)22-5-1)7-16-14-13-15(18-8-17-13)20-9-19-14/h2-3,6,8-9H,1,4-5,7H2,(H2,16,17,18,19,20). The van der Waals surface area contributed by atoms with Crippen LogP contribution in [0.2, 0.25) is 0 Å². The lowest BCUT2D eigenvalue weighted by Crippen LogP contribution is -2.03. The van der Waals surface area contributed by atoms with Crippen LogP contribution in [0.4, 0.5) is 5.82 Å². The molecule has 2 aromatic heterocycles. The zero-order valence-electron chi connectivity index (χ0n) is 11.9. The summed E-state index contributed by atoms with van der Waals surface area (Å²) >= 11 is 0. The number of rotatable bonds is 3. The van der Waals surface area contributed by atoms with Gasteiger partial charge in [0.15, 0.2) is 23.0 Å². The highest BCUT2D eigenvalue weighted by Gasteiger charge is 2.11. The molecule has 0 fully saturated rings. The topological polar surface area (TPSA) is 85.0 Å². The maximum Gasteiger partial charge on any atom is 0.182 e. The van der Waals surface area contributed by atoms with E-state index in [0.29, 0.717) is 25.4 Å². The fourth-order valence-corrected chi connectivity index (χ4v) is 2.40. The molecule has 7 heteroatoms. The third kappa shape index (κ3) is 2.41. The molecule has 0 amide bonds. The number of nitrogens with zero attached hydrogens (tertiary/aromatic N) is 3. The van der Waals surface area contributed by atoms with Gasteiger partial charge in [0.2, 0.25) is 0 Å². The van der Waals surface area contributed by atoms with Crippen molar-refractivity contribution in [2.24, 2.45) is 0 Å². The minimum Gasteiger partial charge on any atom is -0.490 e. The van der Waals surface area contributed by atoms with Crippen molar-refractivity contribution in [2.45, 2.75) is 13.0 Å². The SMILES string of the molecule is c1nc(NCc2ccc3c(c2)OCCCO3)c2[nH]cnc2n1. The number of fused-ring (bicyclic) bond motifs is 2. The van der Waals surface area contributed by atoms with E-state index in [1.165, 1.54) is 6.33 Å². The van der Waals surface area contributed by atoms with E-state index >= 15 is 0 Å². The molecule has 112 valence electrons. The predicted octanol–water partition coefficient (Wildman–Crippen LogP) is 2.13. The number of nitrogens with one attached hydrogen (secondary N) is 2. The van der Waals surface area contributed by atoms with E-state index in [4.69, 9.17) is 9.47 Å². The second kappa shape index (κ2) is 5.51. The van der Waals surface area contributed by atoms with Crippen molar-refractivity contribution in [1.29, 1.82) is 0 Å². The lowest BCUT2D eigenvalue weighted by atomic mass is 10.2. The second-order valence-corrected chi connectivity index (χ2v) is 5.01. The Bertz CT molecular complexity index is 801. The van der Waals surface area contributed by atoms with Gasteiger partial charge in [-0.3, -0.25) is 0 Å². The maximum atomic E-state index is 5.70. The summed E-state index contributed by atoms with van der Waals surface area (Å²) in [6.07, 6.45) is 4.01. The quantitative estimate of drug-likeness (QED) is 0.770. The fourth-order valence-electron chi connectivity index (χ4n) is 2.40. The number of ether oxygens (including phenoxy) is 2. The second-order valence-electron chi connectivity index (χ2n) is 5.01. The van der Waals surface area contributed by atoms with Crippen molar-refractivity contribution < 1.29 is 9.47 Å². The molecule has 22 heavy (non-hydrogen) atoms. The summed E-state index contributed by atoms with van der Waals surface area (Å²) in [5.41, 5.74) is 2.54. The molecule has 0 radical (unpaired) electrons. The summed E-state index contributed by atoms with van der Waals surface area (Å²) in [5.74, 6) is 2.33. The lowest BCUT2D eigenvalue weighted by Gasteiger charge is -2.10. The summed E-state index contributed by atoms with van der Waals surface area (Å²) in [6, 6.07) is 5.97. The highest BCUT2D eigenvalue weighted by atomic mass is 16.5. The number of anilines is 1. The summed E-state index contributed by atoms with van der Waals surface area (Å²) in [7, 11) is 0. The smallest absolute Gasteiger partial charge is 0.182 e. The number of hydrogen-bond donors (Lipinski definition) is 2. The van der Waals surface area contributed by atoms with E-state index in [1.54, 1.807) is 6.33 Å². The summed E-state index contributed by atoms with van der Waals surface area (Å²) in [6.45, 7) is 2.01. The van der Waals surface area contributed by atoms with E-state index in [0.717, 1.165) is 34.8 Å². The molecule has 2 N–H and O–H groups in total. The molecule has 0 atom stereocenters. The van der Waals surface area contributed by atoms with Crippen LogP contribution in [0.25, 0.3) is 11.2 Å². The van der Waals surface area contributed by atoms with Crippen molar-refractivity contribution >= 4 is 17.0 Å². The minimum atomic E-state index is 0.627. The molecule has 0 saturated heterocycles. The van der Waals surface area contributed by atoms with E-state index in [-0.39, 0.29) is 0 Å². The molecule has 7 nitrogen and oxygen atoms in total. The Labute approximate surface area is 126 Å². The minimum absolute atomic E-state index is 0.627. The number of hydrogen-bond acceptors (Lipinski definition) is 6. The number of imidazole rings is 1. The molecule has 1 aromatic carbocycles. The van der Waals surface area contributed by atoms with Gasteiger partial charge >= 0.3 is 0 Å². The number of aromatic nitrogens is 4. The number of aromatic amines is 1. The Morgan fingerprint density at radius 2 is 2.00 bits per heavy atom. The average molecular weight is 297 g/mol. The largest absolute Gasteiger partial charge is 0.490 e. The first-order valence-electron chi connectivity index (χ1n) is 7.16. The zero-order chi connectivity index (χ0) is 14.8. The van der Waals surface area contributed by atoms with Gasteiger partial charge in [-0.2, -0.15) is 0 Å². The van der Waals surface area contributed by atoms with Gasteiger partial charge in [0.1, 0.15) is 11.8 Å². The molecule has 0 unspecified atom stereocenters. The fraction of sp³-hybridized carbons (Fsp3) is 0.267. The first kappa shape index (κ1) is 12.9. The third-order valence-corrected chi connectivity index (χ3v) is 3.49. The van der Waals surface area contributed by atoms with Crippen LogP contribution in [-0.4, -0.2) is 33.1 Å². The van der Waals surface area contributed by atoms with Crippen LogP contribution in [0.1, 0.15) is 12.0 Å². The van der Waals surface area contributed by atoms with Crippen LogP contribution in [0.5, 0.6) is 11.5 Å². The summed E-state index contributed by atoms with van der Waals surface area (Å²) < 4.78 is 11.3. The molecule has 0 bridgehead atoms. The molecule has 3 aromatic rings. The maximum absolute atomic E-state index is 5.70. The number of H-pyrrole nitrogens is 1. The number of benzene rings is 1. The molecule has 0 aliphatic carbocycles. The third-order valence-electron chi connectivity index (χ3n) is 3.49. The molecule has 3 heterocycles.